The van der Waals surface area contributed by atoms with E-state index in [-0.39, 0.29) is 5.41 Å². The van der Waals surface area contributed by atoms with Crippen molar-refractivity contribution >= 4 is 5.96 Å². The van der Waals surface area contributed by atoms with Crippen LogP contribution < -0.4 is 20.1 Å². The van der Waals surface area contributed by atoms with E-state index in [1.807, 2.05) is 6.07 Å². The molecular weight excluding hydrogens is 364 g/mol. The highest BCUT2D eigenvalue weighted by Gasteiger charge is 2.24. The molecule has 162 valence electrons. The number of hydrogen-bond donors (Lipinski definition) is 2. The number of ether oxygens (including phenoxy) is 2. The molecule has 2 N–H and O–H groups in total. The first kappa shape index (κ1) is 21.8. The fourth-order valence-electron chi connectivity index (χ4n) is 3.96. The van der Waals surface area contributed by atoms with Crippen LogP contribution in [-0.4, -0.2) is 62.8 Å². The van der Waals surface area contributed by atoms with Gasteiger partial charge in [-0.25, -0.2) is 0 Å². The van der Waals surface area contributed by atoms with Crippen molar-refractivity contribution in [2.75, 3.05) is 45.9 Å². The van der Waals surface area contributed by atoms with E-state index < -0.39 is 0 Å². The topological polar surface area (TPSA) is 58.1 Å². The molecule has 3 rings (SSSR count). The summed E-state index contributed by atoms with van der Waals surface area (Å²) in [6, 6.07) is 6.75. The minimum Gasteiger partial charge on any atom is -0.486 e. The van der Waals surface area contributed by atoms with Gasteiger partial charge in [-0.3, -0.25) is 4.99 Å². The van der Waals surface area contributed by atoms with Gasteiger partial charge in [-0.15, -0.1) is 0 Å². The van der Waals surface area contributed by atoms with Gasteiger partial charge in [-0.2, -0.15) is 0 Å². The maximum atomic E-state index is 5.76. The van der Waals surface area contributed by atoms with Gasteiger partial charge in [0.15, 0.2) is 17.5 Å². The van der Waals surface area contributed by atoms with Gasteiger partial charge in [0, 0.05) is 31.1 Å². The summed E-state index contributed by atoms with van der Waals surface area (Å²) in [5.41, 5.74) is 1.12. The van der Waals surface area contributed by atoms with Crippen LogP contribution >= 0.6 is 0 Å². The molecule has 6 nitrogen and oxygen atoms in total. The van der Waals surface area contributed by atoms with E-state index in [0.717, 1.165) is 24.0 Å². The normalized spacial score (nSPS) is 18.6. The molecule has 0 radical (unpaired) electrons. The lowest BCUT2D eigenvalue weighted by Crippen LogP contribution is -2.49. The first-order valence-corrected chi connectivity index (χ1v) is 11.2. The highest BCUT2D eigenvalue weighted by atomic mass is 16.6. The van der Waals surface area contributed by atoms with Gasteiger partial charge in [-0.1, -0.05) is 26.8 Å². The lowest BCUT2D eigenvalue weighted by atomic mass is 9.84. The summed E-state index contributed by atoms with van der Waals surface area (Å²) in [7, 11) is 0. The van der Waals surface area contributed by atoms with E-state index in [2.05, 4.69) is 55.4 Å². The number of aliphatic imine (C=N–C) groups is 1. The summed E-state index contributed by atoms with van der Waals surface area (Å²) < 4.78 is 11.4. The van der Waals surface area contributed by atoms with Crippen LogP contribution in [0.2, 0.25) is 0 Å². The maximum absolute atomic E-state index is 5.76. The van der Waals surface area contributed by atoms with E-state index in [9.17, 15) is 0 Å². The Morgan fingerprint density at radius 3 is 2.55 bits per heavy atom. The van der Waals surface area contributed by atoms with Crippen molar-refractivity contribution in [2.45, 2.75) is 58.4 Å². The zero-order valence-corrected chi connectivity index (χ0v) is 18.6. The predicted octanol–water partition coefficient (Wildman–Crippen LogP) is 3.16. The maximum Gasteiger partial charge on any atom is 0.191 e. The van der Waals surface area contributed by atoms with Crippen LogP contribution in [0.5, 0.6) is 11.5 Å². The van der Waals surface area contributed by atoms with Gasteiger partial charge in [0.05, 0.1) is 6.54 Å². The zero-order chi connectivity index (χ0) is 20.7. The van der Waals surface area contributed by atoms with Crippen LogP contribution in [-0.2, 0) is 5.41 Å². The Hall–Kier alpha value is -1.95. The molecule has 1 fully saturated rings. The average molecular weight is 403 g/mol. The van der Waals surface area contributed by atoms with Crippen LogP contribution in [0.4, 0.5) is 0 Å². The number of likely N-dealkylation sites (tertiary alicyclic amines) is 1. The van der Waals surface area contributed by atoms with Crippen molar-refractivity contribution in [3.8, 4) is 11.5 Å². The monoisotopic (exact) mass is 402 g/mol. The summed E-state index contributed by atoms with van der Waals surface area (Å²) in [6.45, 7) is 15.2. The molecular formula is C23H38N4O2. The summed E-state index contributed by atoms with van der Waals surface area (Å²) in [5, 5.41) is 7.08. The van der Waals surface area contributed by atoms with Gasteiger partial charge in [0.2, 0.25) is 0 Å². The third-order valence-corrected chi connectivity index (χ3v) is 5.77. The number of guanidine groups is 1. The Morgan fingerprint density at radius 1 is 1.14 bits per heavy atom. The van der Waals surface area contributed by atoms with Crippen LogP contribution in [0.3, 0.4) is 0 Å². The van der Waals surface area contributed by atoms with Crippen LogP contribution in [0.15, 0.2) is 23.2 Å². The second-order valence-corrected chi connectivity index (χ2v) is 8.70. The first-order valence-electron chi connectivity index (χ1n) is 11.2. The van der Waals surface area contributed by atoms with Gasteiger partial charge in [0.1, 0.15) is 13.2 Å². The van der Waals surface area contributed by atoms with E-state index in [1.165, 1.54) is 44.5 Å². The fourth-order valence-corrected chi connectivity index (χ4v) is 3.96. The lowest BCUT2D eigenvalue weighted by molar-refractivity contribution is 0.171. The molecule has 2 aliphatic heterocycles. The zero-order valence-electron chi connectivity index (χ0n) is 18.6. The van der Waals surface area contributed by atoms with Crippen LogP contribution in [0.1, 0.15) is 52.5 Å². The largest absolute Gasteiger partial charge is 0.486 e. The van der Waals surface area contributed by atoms with Gasteiger partial charge < -0.3 is 25.0 Å². The molecule has 0 saturated carbocycles. The molecule has 0 aliphatic carbocycles. The average Bonchev–Trinajstić information content (AvgIpc) is 2.73. The van der Waals surface area contributed by atoms with E-state index in [4.69, 9.17) is 14.5 Å². The molecule has 1 aromatic rings. The number of benzene rings is 1. The quantitative estimate of drug-likeness (QED) is 0.542. The number of rotatable bonds is 7. The Morgan fingerprint density at radius 2 is 1.86 bits per heavy atom. The van der Waals surface area contributed by atoms with Crippen molar-refractivity contribution in [3.05, 3.63) is 23.8 Å². The third-order valence-electron chi connectivity index (χ3n) is 5.77. The molecule has 0 unspecified atom stereocenters. The summed E-state index contributed by atoms with van der Waals surface area (Å²) >= 11 is 0. The SMILES string of the molecule is CCCN1CCC(NC(=NCC(C)(C)c2ccc3c(c2)OCCO3)NCC)CC1. The van der Waals surface area contributed by atoms with E-state index >= 15 is 0 Å². The fraction of sp³-hybridized carbons (Fsp3) is 0.696. The lowest BCUT2D eigenvalue weighted by Gasteiger charge is -2.33. The van der Waals surface area contributed by atoms with Crippen LogP contribution in [0, 0.1) is 0 Å². The number of hydrogen-bond acceptors (Lipinski definition) is 4. The molecule has 0 spiro atoms. The molecule has 0 bridgehead atoms. The van der Waals surface area contributed by atoms with Crippen molar-refractivity contribution in [2.24, 2.45) is 4.99 Å². The van der Waals surface area contributed by atoms with Gasteiger partial charge >= 0.3 is 0 Å². The molecule has 2 aliphatic rings. The number of piperidine rings is 1. The Kier molecular flexibility index (Phi) is 7.64. The number of fused-ring (bicyclic) bond motifs is 1. The molecule has 2 heterocycles. The van der Waals surface area contributed by atoms with E-state index in [1.54, 1.807) is 0 Å². The Bertz CT molecular complexity index is 681. The van der Waals surface area contributed by atoms with Crippen molar-refractivity contribution in [3.63, 3.8) is 0 Å². The summed E-state index contributed by atoms with van der Waals surface area (Å²) in [5.74, 6) is 2.60. The third kappa shape index (κ3) is 6.01. The van der Waals surface area contributed by atoms with Gasteiger partial charge in [-0.05, 0) is 50.4 Å². The second-order valence-electron chi connectivity index (χ2n) is 8.70. The van der Waals surface area contributed by atoms with Crippen molar-refractivity contribution in [1.82, 2.24) is 15.5 Å². The summed E-state index contributed by atoms with van der Waals surface area (Å²) in [6.07, 6.45) is 3.59. The first-order chi connectivity index (χ1) is 14.0. The molecule has 1 saturated heterocycles. The van der Waals surface area contributed by atoms with Gasteiger partial charge in [0.25, 0.3) is 0 Å². The molecule has 0 aromatic heterocycles. The Labute approximate surface area is 176 Å². The molecule has 0 amide bonds. The number of nitrogens with zero attached hydrogens (tertiary/aromatic N) is 2. The highest BCUT2D eigenvalue weighted by molar-refractivity contribution is 5.80. The predicted molar refractivity (Wildman–Crippen MR) is 119 cm³/mol. The van der Waals surface area contributed by atoms with Crippen molar-refractivity contribution in [1.29, 1.82) is 0 Å². The minimum atomic E-state index is -0.0946. The van der Waals surface area contributed by atoms with Crippen molar-refractivity contribution < 1.29 is 9.47 Å². The second kappa shape index (κ2) is 10.2. The number of nitrogens with one attached hydrogen (secondary N) is 2. The molecule has 1 aromatic carbocycles. The Balaban J connectivity index is 1.61. The van der Waals surface area contributed by atoms with E-state index in [0.29, 0.717) is 25.8 Å². The molecule has 29 heavy (non-hydrogen) atoms. The molecule has 6 heteroatoms. The summed E-state index contributed by atoms with van der Waals surface area (Å²) in [4.78, 5) is 7.49. The molecule has 0 atom stereocenters. The standard InChI is InChI=1S/C23H38N4O2/c1-5-11-27-12-9-19(10-13-27)26-22(24-6-2)25-17-23(3,4)18-7-8-20-21(16-18)29-15-14-28-20/h7-8,16,19H,5-6,9-15,17H2,1-4H3,(H2,24,25,26). The highest BCUT2D eigenvalue weighted by Crippen LogP contribution is 2.35. The minimum absolute atomic E-state index is 0.0946. The smallest absolute Gasteiger partial charge is 0.191 e. The van der Waals surface area contributed by atoms with Crippen LogP contribution in [0.25, 0.3) is 0 Å².